The molecule has 2 saturated heterocycles. The molecular formula is C52H65N7O8. The second-order valence-corrected chi connectivity index (χ2v) is 19.0. The summed E-state index contributed by atoms with van der Waals surface area (Å²) in [6, 6.07) is 22.5. The molecule has 0 aromatic heterocycles. The maximum atomic E-state index is 14.5. The van der Waals surface area contributed by atoms with Crippen LogP contribution >= 0.6 is 0 Å². The maximum Gasteiger partial charge on any atom is 0.255 e. The van der Waals surface area contributed by atoms with Gasteiger partial charge in [0.1, 0.15) is 11.5 Å². The molecule has 356 valence electrons. The van der Waals surface area contributed by atoms with E-state index in [1.165, 1.54) is 0 Å². The first-order chi connectivity index (χ1) is 32.7. The minimum absolute atomic E-state index is 0.0115. The van der Waals surface area contributed by atoms with Gasteiger partial charge in [-0.25, -0.2) is 0 Å². The fourth-order valence-corrected chi connectivity index (χ4v) is 11.9. The number of amides is 5. The molecule has 15 nitrogen and oxygen atoms in total. The average Bonchev–Trinajstić information content (AvgIpc) is 3.95. The van der Waals surface area contributed by atoms with Gasteiger partial charge >= 0.3 is 0 Å². The molecule has 6 aliphatic rings. The number of hydrogen-bond acceptors (Lipinski definition) is 10. The Kier molecular flexibility index (Phi) is 14.4. The second-order valence-electron chi connectivity index (χ2n) is 19.0. The minimum atomic E-state index is -0.926. The Hall–Kier alpha value is -5.61. The van der Waals surface area contributed by atoms with Crippen LogP contribution in [0.4, 0.5) is 11.4 Å². The third kappa shape index (κ3) is 9.35. The van der Waals surface area contributed by atoms with Crippen LogP contribution in [0.15, 0.2) is 85.1 Å². The number of nitrogens with one attached hydrogen (secondary N) is 6. The van der Waals surface area contributed by atoms with Gasteiger partial charge in [-0.15, -0.1) is 0 Å². The topological polar surface area (TPSA) is 188 Å². The van der Waals surface area contributed by atoms with E-state index >= 15 is 0 Å². The van der Waals surface area contributed by atoms with E-state index in [1.807, 2.05) is 48.5 Å². The SMILES string of the molecule is C=C1CCC(N2Cc3c(NCCOCCOCCOCCNC(=O)C4CCC(NC(=O)[C@@H]5NC6(CCCCC6)[C@@]6(C(=O)Nc7ccccc76)[C@H]5c5ccccc5)CC4)cccc3C2=O)C(=O)N1. The third-order valence-corrected chi connectivity index (χ3v) is 15.1. The summed E-state index contributed by atoms with van der Waals surface area (Å²) < 4.78 is 17.1. The van der Waals surface area contributed by atoms with Crippen molar-refractivity contribution in [1.29, 1.82) is 0 Å². The van der Waals surface area contributed by atoms with E-state index in [2.05, 4.69) is 56.7 Å². The number of ether oxygens (including phenoxy) is 3. The molecule has 2 saturated carbocycles. The Morgan fingerprint density at radius 1 is 0.746 bits per heavy atom. The van der Waals surface area contributed by atoms with Crippen LogP contribution < -0.4 is 31.9 Å². The number of hydrogen-bond donors (Lipinski definition) is 6. The van der Waals surface area contributed by atoms with Gasteiger partial charge in [-0.1, -0.05) is 80.4 Å². The monoisotopic (exact) mass is 915 g/mol. The van der Waals surface area contributed by atoms with Gasteiger partial charge in [-0.2, -0.15) is 0 Å². The third-order valence-electron chi connectivity index (χ3n) is 15.1. The van der Waals surface area contributed by atoms with Crippen molar-refractivity contribution < 1.29 is 38.2 Å². The predicted molar refractivity (Wildman–Crippen MR) is 253 cm³/mol. The fraction of sp³-hybridized carbons (Fsp3) is 0.519. The number of fused-ring (bicyclic) bond motifs is 4. The van der Waals surface area contributed by atoms with Crippen molar-refractivity contribution in [3.63, 3.8) is 0 Å². The highest BCUT2D eigenvalue weighted by molar-refractivity contribution is 6.10. The first-order valence-electron chi connectivity index (χ1n) is 24.4. The zero-order valence-corrected chi connectivity index (χ0v) is 38.4. The normalized spacial score (nSPS) is 26.3. The van der Waals surface area contributed by atoms with Crippen LogP contribution in [0.3, 0.4) is 0 Å². The quantitative estimate of drug-likeness (QED) is 0.0945. The summed E-state index contributed by atoms with van der Waals surface area (Å²) in [6.07, 6.45) is 8.75. The first-order valence-corrected chi connectivity index (χ1v) is 24.4. The molecule has 6 N–H and O–H groups in total. The molecule has 5 amide bonds. The van der Waals surface area contributed by atoms with E-state index in [-0.39, 0.29) is 41.5 Å². The average molecular weight is 916 g/mol. The Labute approximate surface area is 392 Å². The van der Waals surface area contributed by atoms with Gasteiger partial charge < -0.3 is 45.7 Å². The van der Waals surface area contributed by atoms with E-state index in [4.69, 9.17) is 14.2 Å². The number of carbonyl (C=O) groups excluding carboxylic acids is 5. The van der Waals surface area contributed by atoms with Crippen molar-refractivity contribution in [1.82, 2.24) is 26.2 Å². The Morgan fingerprint density at radius 3 is 2.19 bits per heavy atom. The molecular weight excluding hydrogens is 851 g/mol. The molecule has 4 fully saturated rings. The lowest BCUT2D eigenvalue weighted by Gasteiger charge is -2.47. The molecule has 4 atom stereocenters. The van der Waals surface area contributed by atoms with Crippen LogP contribution in [0, 0.1) is 5.92 Å². The lowest BCUT2D eigenvalue weighted by atomic mass is 9.55. The summed E-state index contributed by atoms with van der Waals surface area (Å²) >= 11 is 0. The zero-order chi connectivity index (χ0) is 46.4. The summed E-state index contributed by atoms with van der Waals surface area (Å²) in [4.78, 5) is 69.5. The molecule has 0 radical (unpaired) electrons. The molecule has 3 aromatic rings. The Balaban J connectivity index is 0.653. The molecule has 1 unspecified atom stereocenters. The standard InChI is InChI=1S/C52H65N7O8/c1-34-17-22-43(47(61)55-34)59-33-39-38(49(59)63)13-10-16-41(39)53-25-27-65-29-31-67-32-30-66-28-26-54-46(60)36-18-20-37(21-19-36)56-48(62)45-44(35-11-4-2-5-12-35)52(51(58-45)23-8-3-9-24-51)40-14-6-7-15-42(40)57-50(52)64/h2,4-7,10-16,36-37,43-45,53,58H,1,3,8-9,17-33H2,(H,54,60)(H,55,61)(H,56,62)(H,57,64)/t36?,37?,43?,44-,45+,52+/m0/s1. The van der Waals surface area contributed by atoms with Crippen LogP contribution in [-0.2, 0) is 45.3 Å². The molecule has 9 rings (SSSR count). The van der Waals surface area contributed by atoms with Crippen LogP contribution in [0.1, 0.15) is 104 Å². The Morgan fingerprint density at radius 2 is 1.45 bits per heavy atom. The van der Waals surface area contributed by atoms with Gasteiger partial charge in [0.25, 0.3) is 5.91 Å². The minimum Gasteiger partial charge on any atom is -0.382 e. The molecule has 4 heterocycles. The summed E-state index contributed by atoms with van der Waals surface area (Å²) in [5.74, 6) is -0.921. The van der Waals surface area contributed by atoms with Crippen LogP contribution in [0.25, 0.3) is 0 Å². The highest BCUT2D eigenvalue weighted by Crippen LogP contribution is 2.62. The van der Waals surface area contributed by atoms with E-state index in [0.29, 0.717) is 109 Å². The highest BCUT2D eigenvalue weighted by atomic mass is 16.5. The predicted octanol–water partition coefficient (Wildman–Crippen LogP) is 5.04. The van der Waals surface area contributed by atoms with Crippen molar-refractivity contribution in [2.24, 2.45) is 5.92 Å². The summed E-state index contributed by atoms with van der Waals surface area (Å²) in [6.45, 7) is 7.65. The van der Waals surface area contributed by atoms with Crippen molar-refractivity contribution in [2.75, 3.05) is 63.4 Å². The summed E-state index contributed by atoms with van der Waals surface area (Å²) in [5.41, 5.74) is 4.38. The molecule has 3 aromatic carbocycles. The number of carbonyl (C=O) groups is 5. The van der Waals surface area contributed by atoms with Gasteiger partial charge in [0.2, 0.25) is 23.6 Å². The van der Waals surface area contributed by atoms with E-state index < -0.39 is 29.0 Å². The molecule has 4 aliphatic heterocycles. The maximum absolute atomic E-state index is 14.5. The molecule has 15 heteroatoms. The van der Waals surface area contributed by atoms with Gasteiger partial charge in [-0.05, 0) is 80.7 Å². The first kappa shape index (κ1) is 46.5. The lowest BCUT2D eigenvalue weighted by Crippen LogP contribution is -2.60. The van der Waals surface area contributed by atoms with E-state index in [0.717, 1.165) is 60.2 Å². The van der Waals surface area contributed by atoms with Crippen LogP contribution in [0.5, 0.6) is 0 Å². The number of anilines is 2. The Bertz CT molecular complexity index is 2310. The van der Waals surface area contributed by atoms with Crippen molar-refractivity contribution in [3.8, 4) is 0 Å². The van der Waals surface area contributed by atoms with Crippen LogP contribution in [0.2, 0.25) is 0 Å². The molecule has 0 bridgehead atoms. The lowest BCUT2D eigenvalue weighted by molar-refractivity contribution is -0.127. The van der Waals surface area contributed by atoms with Crippen molar-refractivity contribution in [2.45, 2.75) is 112 Å². The van der Waals surface area contributed by atoms with Crippen LogP contribution in [-0.4, -0.2) is 111 Å². The van der Waals surface area contributed by atoms with Crippen molar-refractivity contribution >= 4 is 40.9 Å². The number of rotatable bonds is 18. The summed E-state index contributed by atoms with van der Waals surface area (Å²) in [5, 5.41) is 19.7. The van der Waals surface area contributed by atoms with E-state index in [9.17, 15) is 24.0 Å². The molecule has 2 aliphatic carbocycles. The zero-order valence-electron chi connectivity index (χ0n) is 38.4. The van der Waals surface area contributed by atoms with Gasteiger partial charge in [0.05, 0.1) is 45.7 Å². The largest absolute Gasteiger partial charge is 0.382 e. The van der Waals surface area contributed by atoms with Gasteiger partial charge in [0, 0.05) is 71.2 Å². The number of para-hydroxylation sites is 1. The number of piperidine rings is 1. The number of allylic oxidation sites excluding steroid dienone is 1. The van der Waals surface area contributed by atoms with E-state index in [1.54, 1.807) is 11.0 Å². The number of benzene rings is 3. The van der Waals surface area contributed by atoms with Gasteiger partial charge in [0.15, 0.2) is 0 Å². The fourth-order valence-electron chi connectivity index (χ4n) is 11.9. The highest BCUT2D eigenvalue weighted by Gasteiger charge is 2.72. The smallest absolute Gasteiger partial charge is 0.255 e. The second kappa shape index (κ2) is 20.7. The van der Waals surface area contributed by atoms with Gasteiger partial charge in [-0.3, -0.25) is 29.3 Å². The van der Waals surface area contributed by atoms with Crippen molar-refractivity contribution in [3.05, 3.63) is 107 Å². The molecule has 2 spiro atoms. The molecule has 67 heavy (non-hydrogen) atoms. The number of nitrogens with zero attached hydrogens (tertiary/aromatic N) is 1. The summed E-state index contributed by atoms with van der Waals surface area (Å²) in [7, 11) is 0.